The summed E-state index contributed by atoms with van der Waals surface area (Å²) < 4.78 is 18.6. The second kappa shape index (κ2) is 18.7. The van der Waals surface area contributed by atoms with E-state index in [1.165, 1.54) is 11.1 Å². The van der Waals surface area contributed by atoms with Crippen molar-refractivity contribution in [3.8, 4) is 17.2 Å². The third-order valence-corrected chi connectivity index (χ3v) is 8.75. The van der Waals surface area contributed by atoms with Gasteiger partial charge in [-0.1, -0.05) is 63.6 Å². The van der Waals surface area contributed by atoms with Crippen molar-refractivity contribution in [1.82, 2.24) is 9.80 Å². The van der Waals surface area contributed by atoms with Gasteiger partial charge in [0.05, 0.1) is 31.7 Å². The van der Waals surface area contributed by atoms with E-state index in [1.54, 1.807) is 0 Å². The molecule has 8 heteroatoms. The molecule has 0 saturated carbocycles. The lowest BCUT2D eigenvalue weighted by atomic mass is 10.1. The Morgan fingerprint density at radius 2 is 1.22 bits per heavy atom. The molecule has 0 radical (unpaired) electrons. The number of aryl methyl sites for hydroxylation is 1. The highest BCUT2D eigenvalue weighted by atomic mass is 35.5. The fraction of sp³-hybridized carbons (Fsp3) is 0.514. The lowest BCUT2D eigenvalue weighted by Crippen LogP contribution is -2.25. The van der Waals surface area contributed by atoms with E-state index in [9.17, 15) is 0 Å². The topological polar surface area (TPSA) is 58.2 Å². The van der Waals surface area contributed by atoms with Crippen molar-refractivity contribution in [3.63, 3.8) is 0 Å². The summed E-state index contributed by atoms with van der Waals surface area (Å²) in [6.07, 6.45) is 4.84. The number of hydrogen-bond acceptors (Lipinski definition) is 7. The van der Waals surface area contributed by atoms with Crippen LogP contribution in [-0.2, 0) is 12.8 Å². The highest BCUT2D eigenvalue weighted by Gasteiger charge is 2.24. The van der Waals surface area contributed by atoms with E-state index in [1.807, 2.05) is 24.3 Å². The van der Waals surface area contributed by atoms with Gasteiger partial charge in [-0.2, -0.15) is 0 Å². The first-order valence-electron chi connectivity index (χ1n) is 16.9. The molecule has 7 nitrogen and oxygen atoms in total. The summed E-state index contributed by atoms with van der Waals surface area (Å²) in [6.45, 7) is 17.2. The SMILES string of the molecule is CCN(CC)CCCOc1cc2c(c(OCCCN(CC)CC)c1)NC(CCc1ccc(OCCc3ccc(Cl)cc3)cc1)N2. The van der Waals surface area contributed by atoms with Crippen LogP contribution in [0.1, 0.15) is 58.1 Å². The van der Waals surface area contributed by atoms with E-state index in [0.717, 1.165) is 105 Å². The zero-order valence-electron chi connectivity index (χ0n) is 27.7. The predicted molar refractivity (Wildman–Crippen MR) is 189 cm³/mol. The number of fused-ring (bicyclic) bond motifs is 1. The van der Waals surface area contributed by atoms with Gasteiger partial charge in [-0.05, 0) is 87.3 Å². The highest BCUT2D eigenvalue weighted by Crippen LogP contribution is 2.42. The summed E-state index contributed by atoms with van der Waals surface area (Å²) in [7, 11) is 0. The van der Waals surface area contributed by atoms with Crippen LogP contribution in [0.25, 0.3) is 0 Å². The van der Waals surface area contributed by atoms with Gasteiger partial charge in [0.2, 0.25) is 0 Å². The Labute approximate surface area is 276 Å². The normalized spacial score (nSPS) is 13.9. The Bertz CT molecular complexity index is 1260. The first-order chi connectivity index (χ1) is 22.0. The zero-order valence-corrected chi connectivity index (χ0v) is 28.5. The molecule has 0 aromatic heterocycles. The predicted octanol–water partition coefficient (Wildman–Crippen LogP) is 7.98. The first kappa shape index (κ1) is 34.7. The third kappa shape index (κ3) is 11.3. The number of halogens is 1. The third-order valence-electron chi connectivity index (χ3n) is 8.49. The summed E-state index contributed by atoms with van der Waals surface area (Å²) in [4.78, 5) is 4.86. The van der Waals surface area contributed by atoms with Gasteiger partial charge >= 0.3 is 0 Å². The maximum atomic E-state index is 6.36. The molecule has 0 aliphatic carbocycles. The number of ether oxygens (including phenoxy) is 3. The van der Waals surface area contributed by atoms with Crippen molar-refractivity contribution in [2.75, 3.05) is 69.7 Å². The van der Waals surface area contributed by atoms with E-state index in [2.05, 4.69) is 84.5 Å². The maximum Gasteiger partial charge on any atom is 0.148 e. The van der Waals surface area contributed by atoms with Crippen LogP contribution in [0.15, 0.2) is 60.7 Å². The molecule has 0 saturated heterocycles. The van der Waals surface area contributed by atoms with E-state index >= 15 is 0 Å². The molecule has 0 amide bonds. The highest BCUT2D eigenvalue weighted by molar-refractivity contribution is 6.30. The lowest BCUT2D eigenvalue weighted by molar-refractivity contribution is 0.243. The average molecular weight is 637 g/mol. The van der Waals surface area contributed by atoms with Crippen LogP contribution < -0.4 is 24.8 Å². The van der Waals surface area contributed by atoms with Gasteiger partial charge in [0.1, 0.15) is 22.9 Å². The van der Waals surface area contributed by atoms with E-state index < -0.39 is 0 Å². The molecule has 0 fully saturated rings. The molecular formula is C37H53ClN4O3. The number of nitrogens with one attached hydrogen (secondary N) is 2. The fourth-order valence-corrected chi connectivity index (χ4v) is 5.75. The van der Waals surface area contributed by atoms with Gasteiger partial charge in [0.15, 0.2) is 0 Å². The van der Waals surface area contributed by atoms with Crippen LogP contribution >= 0.6 is 11.6 Å². The quantitative estimate of drug-likeness (QED) is 0.115. The Hall–Kier alpha value is -3.13. The minimum Gasteiger partial charge on any atom is -0.493 e. The number of hydrogen-bond donors (Lipinski definition) is 2. The van der Waals surface area contributed by atoms with Crippen molar-refractivity contribution in [1.29, 1.82) is 0 Å². The summed E-state index contributed by atoms with van der Waals surface area (Å²) >= 11 is 5.99. The zero-order chi connectivity index (χ0) is 31.9. The van der Waals surface area contributed by atoms with Crippen LogP contribution in [0.5, 0.6) is 17.2 Å². The van der Waals surface area contributed by atoms with Crippen molar-refractivity contribution in [2.45, 2.75) is 66.0 Å². The number of anilines is 2. The summed E-state index contributed by atoms with van der Waals surface area (Å²) in [5.41, 5.74) is 4.58. The molecule has 1 unspecified atom stereocenters. The molecule has 1 aliphatic rings. The van der Waals surface area contributed by atoms with Gasteiger partial charge in [-0.25, -0.2) is 0 Å². The summed E-state index contributed by atoms with van der Waals surface area (Å²) in [6, 6.07) is 20.5. The van der Waals surface area contributed by atoms with E-state index in [0.29, 0.717) is 19.8 Å². The fourth-order valence-electron chi connectivity index (χ4n) is 5.62. The lowest BCUT2D eigenvalue weighted by Gasteiger charge is -2.19. The average Bonchev–Trinajstić information content (AvgIpc) is 3.48. The molecule has 4 rings (SSSR count). The molecule has 0 bridgehead atoms. The Morgan fingerprint density at radius 3 is 1.87 bits per heavy atom. The van der Waals surface area contributed by atoms with Gasteiger partial charge in [-0.3, -0.25) is 0 Å². The van der Waals surface area contributed by atoms with Crippen molar-refractivity contribution < 1.29 is 14.2 Å². The summed E-state index contributed by atoms with van der Waals surface area (Å²) in [5, 5.41) is 8.12. The van der Waals surface area contributed by atoms with Crippen LogP contribution in [0, 0.1) is 0 Å². The van der Waals surface area contributed by atoms with Crippen molar-refractivity contribution in [2.24, 2.45) is 0 Å². The molecule has 1 heterocycles. The number of nitrogens with zero attached hydrogens (tertiary/aromatic N) is 2. The van der Waals surface area contributed by atoms with Gasteiger partial charge in [-0.15, -0.1) is 0 Å². The molecule has 1 aliphatic heterocycles. The molecular weight excluding hydrogens is 584 g/mol. The van der Waals surface area contributed by atoms with Gasteiger partial charge < -0.3 is 34.6 Å². The standard InChI is InChI=1S/C37H53ClN4O3/c1-5-41(6-2)22-9-24-43-33-27-34-37(35(28-33)45-25-10-23-42(7-3)8-4)40-36(39-34)20-15-29-13-18-32(19-14-29)44-26-21-30-11-16-31(38)17-12-30/h11-14,16-19,27-28,36,39-40H,5-10,15,20-26H2,1-4H3. The van der Waals surface area contributed by atoms with Crippen LogP contribution in [-0.4, -0.2) is 75.1 Å². The molecule has 2 N–H and O–H groups in total. The number of rotatable bonds is 21. The number of benzene rings is 3. The van der Waals surface area contributed by atoms with Gasteiger partial charge in [0.25, 0.3) is 0 Å². The second-order valence-corrected chi connectivity index (χ2v) is 12.0. The summed E-state index contributed by atoms with van der Waals surface area (Å²) in [5.74, 6) is 2.61. The largest absolute Gasteiger partial charge is 0.493 e. The molecule has 1 atom stereocenters. The molecule has 246 valence electrons. The van der Waals surface area contributed by atoms with Gasteiger partial charge in [0, 0.05) is 36.7 Å². The smallest absolute Gasteiger partial charge is 0.148 e. The van der Waals surface area contributed by atoms with Crippen LogP contribution in [0.3, 0.4) is 0 Å². The van der Waals surface area contributed by atoms with Crippen LogP contribution in [0.2, 0.25) is 5.02 Å². The molecule has 45 heavy (non-hydrogen) atoms. The van der Waals surface area contributed by atoms with Crippen molar-refractivity contribution in [3.05, 3.63) is 76.8 Å². The van der Waals surface area contributed by atoms with Crippen LogP contribution in [0.4, 0.5) is 11.4 Å². The first-order valence-corrected chi connectivity index (χ1v) is 17.3. The van der Waals surface area contributed by atoms with E-state index in [-0.39, 0.29) is 6.17 Å². The Morgan fingerprint density at radius 1 is 0.644 bits per heavy atom. The van der Waals surface area contributed by atoms with Crippen molar-refractivity contribution >= 4 is 23.0 Å². The monoisotopic (exact) mass is 636 g/mol. The second-order valence-electron chi connectivity index (χ2n) is 11.6. The Balaban J connectivity index is 1.29. The Kier molecular flexibility index (Phi) is 14.5. The minimum absolute atomic E-state index is 0.117. The van der Waals surface area contributed by atoms with E-state index in [4.69, 9.17) is 25.8 Å². The molecule has 0 spiro atoms. The molecule has 3 aromatic rings. The maximum absolute atomic E-state index is 6.36. The minimum atomic E-state index is 0.117. The molecule has 3 aromatic carbocycles.